The number of ether oxygens (including phenoxy) is 1. The molecule has 0 atom stereocenters. The lowest BCUT2D eigenvalue weighted by atomic mass is 10.1. The fraction of sp³-hybridized carbons (Fsp3) is 0.467. The normalized spacial score (nSPS) is 12.0. The molecule has 1 N–H and O–H groups in total. The quantitative estimate of drug-likeness (QED) is 0.804. The Morgan fingerprint density at radius 2 is 2.16 bits per heavy atom. The van der Waals surface area contributed by atoms with Gasteiger partial charge >= 0.3 is 0 Å². The number of hydrogen-bond donors (Lipinski definition) is 1. The van der Waals surface area contributed by atoms with Crippen molar-refractivity contribution in [3.05, 3.63) is 39.9 Å². The fourth-order valence-corrected chi connectivity index (χ4v) is 1.84. The van der Waals surface area contributed by atoms with Crippen molar-refractivity contribution in [1.82, 2.24) is 5.32 Å². The van der Waals surface area contributed by atoms with E-state index in [9.17, 15) is 0 Å². The Morgan fingerprint density at radius 3 is 2.79 bits per heavy atom. The Hall–Kier alpha value is -0.700. The zero-order valence-corrected chi connectivity index (χ0v) is 13.2. The topological polar surface area (TPSA) is 21.3 Å². The summed E-state index contributed by atoms with van der Waals surface area (Å²) in [5.74, 6) is 1.51. The Bertz CT molecular complexity index is 430. The maximum absolute atomic E-state index is 5.85. The lowest BCUT2D eigenvalue weighted by molar-refractivity contribution is 0.351. The number of para-hydroxylation sites is 1. The summed E-state index contributed by atoms with van der Waals surface area (Å²) in [6.45, 7) is 8.47. The van der Waals surface area contributed by atoms with Crippen LogP contribution in [0, 0.1) is 12.8 Å². The molecular formula is C15H21Cl2NO. The van der Waals surface area contributed by atoms with E-state index < -0.39 is 0 Å². The van der Waals surface area contributed by atoms with Gasteiger partial charge in [0.05, 0.1) is 5.03 Å². The SMILES string of the molecule is Cc1cccc(CNCC(C)C)c1OC/C(Cl)=C/Cl. The first-order valence-corrected chi connectivity index (χ1v) is 7.22. The van der Waals surface area contributed by atoms with Crippen molar-refractivity contribution in [2.75, 3.05) is 13.2 Å². The molecule has 1 aromatic carbocycles. The monoisotopic (exact) mass is 301 g/mol. The second-order valence-electron chi connectivity index (χ2n) is 4.93. The number of nitrogens with one attached hydrogen (secondary N) is 1. The molecule has 0 amide bonds. The molecule has 4 heteroatoms. The van der Waals surface area contributed by atoms with Crippen LogP contribution in [-0.2, 0) is 6.54 Å². The van der Waals surface area contributed by atoms with E-state index in [2.05, 4.69) is 25.2 Å². The van der Waals surface area contributed by atoms with Crippen molar-refractivity contribution in [3.63, 3.8) is 0 Å². The molecule has 0 aliphatic heterocycles. The predicted molar refractivity (Wildman–Crippen MR) is 83.0 cm³/mol. The first-order chi connectivity index (χ1) is 9.04. The Labute approximate surface area is 125 Å². The van der Waals surface area contributed by atoms with Crippen molar-refractivity contribution in [2.24, 2.45) is 5.92 Å². The lowest BCUT2D eigenvalue weighted by Gasteiger charge is -2.15. The third kappa shape index (κ3) is 5.85. The summed E-state index contributed by atoms with van der Waals surface area (Å²) in [6.07, 6.45) is 0. The van der Waals surface area contributed by atoms with Gasteiger partial charge in [0.2, 0.25) is 0 Å². The van der Waals surface area contributed by atoms with Gasteiger partial charge < -0.3 is 10.1 Å². The van der Waals surface area contributed by atoms with E-state index in [0.717, 1.165) is 30.0 Å². The summed E-state index contributed by atoms with van der Waals surface area (Å²) in [5.41, 5.74) is 3.57. The van der Waals surface area contributed by atoms with Crippen molar-refractivity contribution in [1.29, 1.82) is 0 Å². The first kappa shape index (κ1) is 16.4. The van der Waals surface area contributed by atoms with Gasteiger partial charge in [-0.05, 0) is 24.9 Å². The third-order valence-electron chi connectivity index (χ3n) is 2.63. The van der Waals surface area contributed by atoms with Crippen molar-refractivity contribution in [2.45, 2.75) is 27.3 Å². The summed E-state index contributed by atoms with van der Waals surface area (Å²) in [4.78, 5) is 0. The van der Waals surface area contributed by atoms with Crippen LogP contribution in [0.25, 0.3) is 0 Å². The highest BCUT2D eigenvalue weighted by Crippen LogP contribution is 2.24. The van der Waals surface area contributed by atoms with Crippen LogP contribution in [0.2, 0.25) is 0 Å². The van der Waals surface area contributed by atoms with Crippen molar-refractivity contribution in [3.8, 4) is 5.75 Å². The van der Waals surface area contributed by atoms with Gasteiger partial charge in [0.15, 0.2) is 0 Å². The predicted octanol–water partition coefficient (Wildman–Crippen LogP) is 4.44. The molecule has 0 radical (unpaired) electrons. The summed E-state index contributed by atoms with van der Waals surface area (Å²) < 4.78 is 5.75. The van der Waals surface area contributed by atoms with Crippen molar-refractivity contribution >= 4 is 23.2 Å². The van der Waals surface area contributed by atoms with Crippen LogP contribution in [0.15, 0.2) is 28.8 Å². The maximum atomic E-state index is 5.85. The molecule has 19 heavy (non-hydrogen) atoms. The van der Waals surface area contributed by atoms with Gasteiger partial charge in [0, 0.05) is 17.6 Å². The molecule has 0 heterocycles. The minimum Gasteiger partial charge on any atom is -0.487 e. The van der Waals surface area contributed by atoms with Crippen LogP contribution in [0.1, 0.15) is 25.0 Å². The number of benzene rings is 1. The zero-order valence-electron chi connectivity index (χ0n) is 11.7. The summed E-state index contributed by atoms with van der Waals surface area (Å²) in [5, 5.41) is 3.91. The fourth-order valence-electron chi connectivity index (χ4n) is 1.73. The molecule has 1 rings (SSSR count). The van der Waals surface area contributed by atoms with Crippen LogP contribution in [0.3, 0.4) is 0 Å². The van der Waals surface area contributed by atoms with E-state index in [1.807, 2.05) is 19.1 Å². The molecule has 0 aliphatic rings. The van der Waals surface area contributed by atoms with Gasteiger partial charge in [-0.3, -0.25) is 0 Å². The highest BCUT2D eigenvalue weighted by Gasteiger charge is 2.07. The first-order valence-electron chi connectivity index (χ1n) is 6.41. The molecule has 106 valence electrons. The van der Waals surface area contributed by atoms with Gasteiger partial charge in [0.1, 0.15) is 12.4 Å². The highest BCUT2D eigenvalue weighted by molar-refractivity contribution is 6.36. The summed E-state index contributed by atoms with van der Waals surface area (Å²) in [6, 6.07) is 6.13. The van der Waals surface area contributed by atoms with E-state index in [0.29, 0.717) is 17.6 Å². The van der Waals surface area contributed by atoms with Gasteiger partial charge in [-0.1, -0.05) is 55.2 Å². The highest BCUT2D eigenvalue weighted by atomic mass is 35.5. The molecule has 2 nitrogen and oxygen atoms in total. The smallest absolute Gasteiger partial charge is 0.127 e. The van der Waals surface area contributed by atoms with Crippen molar-refractivity contribution < 1.29 is 4.74 Å². The maximum Gasteiger partial charge on any atom is 0.127 e. The average molecular weight is 302 g/mol. The Morgan fingerprint density at radius 1 is 1.42 bits per heavy atom. The van der Waals surface area contributed by atoms with Crippen LogP contribution in [-0.4, -0.2) is 13.2 Å². The summed E-state index contributed by atoms with van der Waals surface area (Å²) in [7, 11) is 0. The van der Waals surface area contributed by atoms with E-state index in [1.165, 1.54) is 5.54 Å². The van der Waals surface area contributed by atoms with Gasteiger partial charge in [0.25, 0.3) is 0 Å². The van der Waals surface area contributed by atoms with Gasteiger partial charge in [-0.15, -0.1) is 0 Å². The molecule has 0 spiro atoms. The summed E-state index contributed by atoms with van der Waals surface area (Å²) >= 11 is 11.4. The number of hydrogen-bond acceptors (Lipinski definition) is 2. The molecule has 0 fully saturated rings. The minimum atomic E-state index is 0.299. The molecule has 1 aromatic rings. The molecule has 0 bridgehead atoms. The molecule has 0 saturated heterocycles. The van der Waals surface area contributed by atoms with Crippen LogP contribution in [0.5, 0.6) is 5.75 Å². The molecule has 0 aliphatic carbocycles. The molecule has 0 aromatic heterocycles. The third-order valence-corrected chi connectivity index (χ3v) is 3.23. The average Bonchev–Trinajstić information content (AvgIpc) is 2.37. The molecule has 0 saturated carbocycles. The van der Waals surface area contributed by atoms with E-state index in [-0.39, 0.29) is 0 Å². The Balaban J connectivity index is 2.71. The van der Waals surface area contributed by atoms with Gasteiger partial charge in [-0.2, -0.15) is 0 Å². The Kier molecular flexibility index (Phi) is 7.29. The largest absolute Gasteiger partial charge is 0.487 e. The number of rotatable bonds is 7. The number of aryl methyl sites for hydroxylation is 1. The molecular weight excluding hydrogens is 281 g/mol. The van der Waals surface area contributed by atoms with Crippen LogP contribution in [0.4, 0.5) is 0 Å². The van der Waals surface area contributed by atoms with Gasteiger partial charge in [-0.25, -0.2) is 0 Å². The zero-order chi connectivity index (χ0) is 14.3. The van der Waals surface area contributed by atoms with Crippen LogP contribution < -0.4 is 10.1 Å². The van der Waals surface area contributed by atoms with E-state index >= 15 is 0 Å². The second kappa shape index (κ2) is 8.47. The van der Waals surface area contributed by atoms with E-state index in [1.54, 1.807) is 0 Å². The minimum absolute atomic E-state index is 0.299. The molecule has 0 unspecified atom stereocenters. The lowest BCUT2D eigenvalue weighted by Crippen LogP contribution is -2.19. The van der Waals surface area contributed by atoms with Crippen LogP contribution >= 0.6 is 23.2 Å². The number of halogens is 2. The van der Waals surface area contributed by atoms with E-state index in [4.69, 9.17) is 27.9 Å². The standard InChI is InChI=1S/C15H21Cl2NO/c1-11(2)8-18-9-13-6-4-5-12(3)15(13)19-10-14(17)7-16/h4-7,11,18H,8-10H2,1-3H3/b14-7-. The second-order valence-corrected chi connectivity index (χ2v) is 5.64.